The minimum Gasteiger partial charge on any atom is -0.292 e. The van der Waals surface area contributed by atoms with Gasteiger partial charge in [-0.25, -0.2) is 0 Å². The zero-order chi connectivity index (χ0) is 13.3. The number of piperidine rings is 1. The van der Waals surface area contributed by atoms with E-state index in [1.807, 2.05) is 0 Å². The predicted octanol–water partition coefficient (Wildman–Crippen LogP) is 3.74. The van der Waals surface area contributed by atoms with Crippen LogP contribution in [-0.4, -0.2) is 26.8 Å². The molecular formula is C14H24BrN3. The number of halogens is 1. The van der Waals surface area contributed by atoms with Gasteiger partial charge >= 0.3 is 0 Å². The van der Waals surface area contributed by atoms with E-state index in [1.54, 1.807) is 0 Å². The number of rotatable bonds is 3. The van der Waals surface area contributed by atoms with Crippen molar-refractivity contribution in [1.29, 1.82) is 0 Å². The molecule has 0 radical (unpaired) electrons. The molecule has 0 bridgehead atoms. The second-order valence-corrected chi connectivity index (χ2v) is 6.26. The molecule has 0 N–H and O–H groups in total. The minimum atomic E-state index is 0.682. The maximum absolute atomic E-state index is 4.59. The highest BCUT2D eigenvalue weighted by Gasteiger charge is 2.26. The summed E-state index contributed by atoms with van der Waals surface area (Å²) in [6, 6.07) is 1.36. The van der Waals surface area contributed by atoms with Gasteiger partial charge in [-0.15, -0.1) is 0 Å². The predicted molar refractivity (Wildman–Crippen MR) is 78.7 cm³/mol. The average Bonchev–Trinajstić information content (AvgIpc) is 2.61. The zero-order valence-corrected chi connectivity index (χ0v) is 13.5. The average molecular weight is 314 g/mol. The van der Waals surface area contributed by atoms with Gasteiger partial charge in [0.1, 0.15) is 0 Å². The first kappa shape index (κ1) is 14.1. The molecule has 0 aromatic carbocycles. The fourth-order valence-electron chi connectivity index (χ4n) is 2.98. The van der Waals surface area contributed by atoms with E-state index >= 15 is 0 Å². The molecule has 3 nitrogen and oxygen atoms in total. The molecule has 0 amide bonds. The summed E-state index contributed by atoms with van der Waals surface area (Å²) in [6.07, 6.45) is 4.01. The minimum absolute atomic E-state index is 0.682. The van der Waals surface area contributed by atoms with Crippen molar-refractivity contribution in [2.45, 2.75) is 72.1 Å². The van der Waals surface area contributed by atoms with Crippen LogP contribution in [0.25, 0.3) is 0 Å². The highest BCUT2D eigenvalue weighted by atomic mass is 79.9. The van der Waals surface area contributed by atoms with Crippen LogP contribution in [0.3, 0.4) is 0 Å². The van der Waals surface area contributed by atoms with Crippen LogP contribution in [-0.2, 0) is 13.1 Å². The van der Waals surface area contributed by atoms with E-state index in [1.165, 1.54) is 29.4 Å². The Bertz CT molecular complexity index is 403. The smallest absolute Gasteiger partial charge is 0.0739 e. The quantitative estimate of drug-likeness (QED) is 0.847. The maximum Gasteiger partial charge on any atom is 0.0739 e. The zero-order valence-electron chi connectivity index (χ0n) is 11.9. The summed E-state index contributed by atoms with van der Waals surface area (Å²) >= 11 is 3.70. The van der Waals surface area contributed by atoms with Crippen molar-refractivity contribution in [2.75, 3.05) is 0 Å². The van der Waals surface area contributed by atoms with E-state index in [0.717, 1.165) is 18.8 Å². The first-order valence-corrected chi connectivity index (χ1v) is 7.81. The molecule has 2 rings (SSSR count). The van der Waals surface area contributed by atoms with Gasteiger partial charge in [0.15, 0.2) is 0 Å². The summed E-state index contributed by atoms with van der Waals surface area (Å²) in [5.74, 6) is 0. The Labute approximate surface area is 119 Å². The summed E-state index contributed by atoms with van der Waals surface area (Å²) in [7, 11) is 0. The molecule has 2 heterocycles. The van der Waals surface area contributed by atoms with Crippen LogP contribution < -0.4 is 0 Å². The fourth-order valence-corrected chi connectivity index (χ4v) is 3.39. The number of likely N-dealkylation sites (tertiary alicyclic amines) is 1. The number of hydrogen-bond acceptors (Lipinski definition) is 2. The monoisotopic (exact) mass is 313 g/mol. The van der Waals surface area contributed by atoms with E-state index < -0.39 is 0 Å². The second-order valence-electron chi connectivity index (χ2n) is 5.46. The van der Waals surface area contributed by atoms with Crippen LogP contribution in [0.1, 0.15) is 51.4 Å². The fraction of sp³-hybridized carbons (Fsp3) is 0.786. The third-order valence-corrected chi connectivity index (χ3v) is 5.19. The molecule has 4 heteroatoms. The molecule has 1 saturated heterocycles. The molecule has 1 aliphatic rings. The lowest BCUT2D eigenvalue weighted by atomic mass is 9.97. The molecule has 18 heavy (non-hydrogen) atoms. The van der Waals surface area contributed by atoms with Gasteiger partial charge in [-0.1, -0.05) is 6.42 Å². The van der Waals surface area contributed by atoms with E-state index in [0.29, 0.717) is 12.1 Å². The van der Waals surface area contributed by atoms with Gasteiger partial charge in [-0.05, 0) is 56.5 Å². The Balaban J connectivity index is 2.22. The van der Waals surface area contributed by atoms with E-state index in [4.69, 9.17) is 0 Å². The third-order valence-electron chi connectivity index (χ3n) is 4.16. The Kier molecular flexibility index (Phi) is 4.49. The van der Waals surface area contributed by atoms with E-state index in [-0.39, 0.29) is 0 Å². The second kappa shape index (κ2) is 5.74. The van der Waals surface area contributed by atoms with Crippen molar-refractivity contribution in [1.82, 2.24) is 14.7 Å². The standard InChI is InChI=1S/C14H24BrN3/c1-5-18-13(14(15)12(4)16-18)9-17-10(2)7-6-8-11(17)3/h10-11H,5-9H2,1-4H3. The molecule has 0 saturated carbocycles. The highest BCUT2D eigenvalue weighted by molar-refractivity contribution is 9.10. The van der Waals surface area contributed by atoms with E-state index in [9.17, 15) is 0 Å². The van der Waals surface area contributed by atoms with Crippen LogP contribution in [0.5, 0.6) is 0 Å². The van der Waals surface area contributed by atoms with Crippen molar-refractivity contribution >= 4 is 15.9 Å². The summed E-state index contributed by atoms with van der Waals surface area (Å²) < 4.78 is 3.32. The first-order chi connectivity index (χ1) is 8.54. The Morgan fingerprint density at radius 2 is 1.89 bits per heavy atom. The van der Waals surface area contributed by atoms with Crippen molar-refractivity contribution in [2.24, 2.45) is 0 Å². The molecule has 0 aliphatic carbocycles. The molecule has 1 aliphatic heterocycles. The molecule has 0 spiro atoms. The van der Waals surface area contributed by atoms with Gasteiger partial charge in [0, 0.05) is 25.2 Å². The van der Waals surface area contributed by atoms with Crippen molar-refractivity contribution < 1.29 is 0 Å². The Hall–Kier alpha value is -0.350. The van der Waals surface area contributed by atoms with Gasteiger partial charge in [0.25, 0.3) is 0 Å². The van der Waals surface area contributed by atoms with Gasteiger partial charge in [0.05, 0.1) is 15.9 Å². The Morgan fingerprint density at radius 3 is 2.44 bits per heavy atom. The number of hydrogen-bond donors (Lipinski definition) is 0. The number of nitrogens with zero attached hydrogens (tertiary/aromatic N) is 3. The molecule has 1 aromatic rings. The van der Waals surface area contributed by atoms with Crippen LogP contribution in [0.2, 0.25) is 0 Å². The van der Waals surface area contributed by atoms with Gasteiger partial charge < -0.3 is 0 Å². The lowest BCUT2D eigenvalue weighted by Crippen LogP contribution is -2.43. The summed E-state index contributed by atoms with van der Waals surface area (Å²) in [5, 5.41) is 4.59. The van der Waals surface area contributed by atoms with Crippen molar-refractivity contribution in [3.8, 4) is 0 Å². The lowest BCUT2D eigenvalue weighted by molar-refractivity contribution is 0.0918. The molecule has 1 aromatic heterocycles. The van der Waals surface area contributed by atoms with Gasteiger partial charge in [-0.2, -0.15) is 5.10 Å². The molecule has 102 valence electrons. The third kappa shape index (κ3) is 2.64. The largest absolute Gasteiger partial charge is 0.292 e. The van der Waals surface area contributed by atoms with Crippen molar-refractivity contribution in [3.05, 3.63) is 15.9 Å². The Morgan fingerprint density at radius 1 is 1.28 bits per heavy atom. The SMILES string of the molecule is CCn1nc(C)c(Br)c1CN1C(C)CCCC1C. The van der Waals surface area contributed by atoms with Crippen molar-refractivity contribution in [3.63, 3.8) is 0 Å². The highest BCUT2D eigenvalue weighted by Crippen LogP contribution is 2.28. The molecule has 2 unspecified atom stereocenters. The van der Waals surface area contributed by atoms with Gasteiger partial charge in [-0.3, -0.25) is 9.58 Å². The normalized spacial score (nSPS) is 25.6. The van der Waals surface area contributed by atoms with Crippen LogP contribution >= 0.6 is 15.9 Å². The summed E-state index contributed by atoms with van der Waals surface area (Å²) in [4.78, 5) is 2.62. The summed E-state index contributed by atoms with van der Waals surface area (Å²) in [6.45, 7) is 10.9. The maximum atomic E-state index is 4.59. The topological polar surface area (TPSA) is 21.1 Å². The lowest BCUT2D eigenvalue weighted by Gasteiger charge is -2.39. The number of aromatic nitrogens is 2. The van der Waals surface area contributed by atoms with Crippen LogP contribution in [0.15, 0.2) is 4.47 Å². The summed E-state index contributed by atoms with van der Waals surface area (Å²) in [5.41, 5.74) is 2.43. The van der Waals surface area contributed by atoms with Crippen LogP contribution in [0.4, 0.5) is 0 Å². The van der Waals surface area contributed by atoms with Crippen LogP contribution in [0, 0.1) is 6.92 Å². The molecule has 2 atom stereocenters. The molecular weight excluding hydrogens is 290 g/mol. The van der Waals surface area contributed by atoms with Gasteiger partial charge in [0.2, 0.25) is 0 Å². The first-order valence-electron chi connectivity index (χ1n) is 7.02. The molecule has 1 fully saturated rings. The number of aryl methyl sites for hydroxylation is 2. The van der Waals surface area contributed by atoms with E-state index in [2.05, 4.69) is 58.3 Å².